The molecule has 0 bridgehead atoms. The molecule has 0 aromatic rings. The molecule has 0 radical (unpaired) electrons. The highest BCUT2D eigenvalue weighted by Gasteiger charge is 2.26. The minimum atomic E-state index is -1.80. The van der Waals surface area contributed by atoms with Crippen LogP contribution in [0.15, 0.2) is 22.7 Å². The Morgan fingerprint density at radius 3 is 2.90 bits per heavy atom. The van der Waals surface area contributed by atoms with E-state index in [1.165, 1.54) is 6.08 Å². The van der Waals surface area contributed by atoms with E-state index in [0.29, 0.717) is 4.48 Å². The standard InChI is InChI=1S/C7H5BrFN/c8-6-2-1-3-7(9,4-6)5-10/h1-2,4H,3H2. The summed E-state index contributed by atoms with van der Waals surface area (Å²) in [7, 11) is 0. The highest BCUT2D eigenvalue weighted by atomic mass is 79.9. The van der Waals surface area contributed by atoms with E-state index in [1.54, 1.807) is 18.2 Å². The zero-order valence-corrected chi connectivity index (χ0v) is 6.73. The first-order valence-electron chi connectivity index (χ1n) is 2.81. The van der Waals surface area contributed by atoms with Gasteiger partial charge in [0.2, 0.25) is 5.67 Å². The Kier molecular flexibility index (Phi) is 1.91. The fourth-order valence-electron chi connectivity index (χ4n) is 0.747. The van der Waals surface area contributed by atoms with Crippen LogP contribution >= 0.6 is 15.9 Å². The van der Waals surface area contributed by atoms with Gasteiger partial charge < -0.3 is 0 Å². The summed E-state index contributed by atoms with van der Waals surface area (Å²) >= 11 is 3.09. The maximum atomic E-state index is 13.0. The highest BCUT2D eigenvalue weighted by Crippen LogP contribution is 2.26. The van der Waals surface area contributed by atoms with Gasteiger partial charge in [0.15, 0.2) is 0 Å². The lowest BCUT2D eigenvalue weighted by molar-refractivity contribution is 0.309. The van der Waals surface area contributed by atoms with Gasteiger partial charge in [-0.25, -0.2) is 4.39 Å². The molecule has 10 heavy (non-hydrogen) atoms. The second-order valence-corrected chi connectivity index (χ2v) is 3.03. The lowest BCUT2D eigenvalue weighted by Gasteiger charge is -2.13. The van der Waals surface area contributed by atoms with Crippen LogP contribution in [0.4, 0.5) is 4.39 Å². The fraction of sp³-hybridized carbons (Fsp3) is 0.286. The fourth-order valence-corrected chi connectivity index (χ4v) is 1.30. The molecule has 1 nitrogen and oxygen atoms in total. The third-order valence-electron chi connectivity index (χ3n) is 1.24. The van der Waals surface area contributed by atoms with E-state index in [9.17, 15) is 4.39 Å². The van der Waals surface area contributed by atoms with Crippen LogP contribution < -0.4 is 0 Å². The van der Waals surface area contributed by atoms with Crippen molar-refractivity contribution >= 4 is 15.9 Å². The van der Waals surface area contributed by atoms with Gasteiger partial charge in [-0.15, -0.1) is 0 Å². The van der Waals surface area contributed by atoms with Crippen molar-refractivity contribution in [3.63, 3.8) is 0 Å². The highest BCUT2D eigenvalue weighted by molar-refractivity contribution is 9.11. The van der Waals surface area contributed by atoms with Crippen LogP contribution in [0.25, 0.3) is 0 Å². The summed E-state index contributed by atoms with van der Waals surface area (Å²) in [6.07, 6.45) is 4.79. The van der Waals surface area contributed by atoms with Gasteiger partial charge in [0, 0.05) is 10.9 Å². The first-order valence-corrected chi connectivity index (χ1v) is 3.61. The average molecular weight is 202 g/mol. The van der Waals surface area contributed by atoms with E-state index >= 15 is 0 Å². The zero-order chi connectivity index (χ0) is 7.61. The van der Waals surface area contributed by atoms with Crippen molar-refractivity contribution in [1.82, 2.24) is 0 Å². The Balaban J connectivity index is 2.89. The third-order valence-corrected chi connectivity index (χ3v) is 1.74. The average Bonchev–Trinajstić information content (AvgIpc) is 1.88. The molecular formula is C7H5BrFN. The molecular weight excluding hydrogens is 197 g/mol. The molecule has 0 aromatic heterocycles. The monoisotopic (exact) mass is 201 g/mol. The van der Waals surface area contributed by atoms with Gasteiger partial charge in [0.25, 0.3) is 0 Å². The lowest BCUT2D eigenvalue weighted by Crippen LogP contribution is -2.17. The Morgan fingerprint density at radius 2 is 2.50 bits per heavy atom. The van der Waals surface area contributed by atoms with Crippen molar-refractivity contribution in [3.05, 3.63) is 22.7 Å². The van der Waals surface area contributed by atoms with Gasteiger partial charge in [-0.05, 0) is 6.08 Å². The van der Waals surface area contributed by atoms with E-state index in [2.05, 4.69) is 15.9 Å². The quantitative estimate of drug-likeness (QED) is 0.591. The summed E-state index contributed by atoms with van der Waals surface area (Å²) in [6.45, 7) is 0. The van der Waals surface area contributed by atoms with Crippen molar-refractivity contribution < 1.29 is 4.39 Å². The maximum absolute atomic E-state index is 13.0. The van der Waals surface area contributed by atoms with Gasteiger partial charge in [-0.3, -0.25) is 0 Å². The second kappa shape index (κ2) is 2.55. The van der Waals surface area contributed by atoms with Crippen LogP contribution in [0.5, 0.6) is 0 Å². The number of halogens is 2. The Morgan fingerprint density at radius 1 is 1.80 bits per heavy atom. The number of hydrogen-bond acceptors (Lipinski definition) is 1. The van der Waals surface area contributed by atoms with E-state index < -0.39 is 5.67 Å². The third kappa shape index (κ3) is 1.45. The van der Waals surface area contributed by atoms with Gasteiger partial charge in [-0.2, -0.15) is 5.26 Å². The minimum absolute atomic E-state index is 0.151. The smallest absolute Gasteiger partial charge is 0.219 e. The lowest BCUT2D eigenvalue weighted by atomic mass is 10.00. The molecule has 52 valence electrons. The molecule has 1 rings (SSSR count). The van der Waals surface area contributed by atoms with Crippen molar-refractivity contribution in [2.24, 2.45) is 0 Å². The SMILES string of the molecule is N#CC1(F)C=C(Br)C=CC1. The van der Waals surface area contributed by atoms with Crippen molar-refractivity contribution in [2.75, 3.05) is 0 Å². The first-order chi connectivity index (χ1) is 4.66. The van der Waals surface area contributed by atoms with Crippen molar-refractivity contribution in [1.29, 1.82) is 5.26 Å². The topological polar surface area (TPSA) is 23.8 Å². The van der Waals surface area contributed by atoms with Gasteiger partial charge in [0.1, 0.15) is 6.07 Å². The molecule has 1 atom stereocenters. The first kappa shape index (κ1) is 7.49. The van der Waals surface area contributed by atoms with Gasteiger partial charge >= 0.3 is 0 Å². The summed E-state index contributed by atoms with van der Waals surface area (Å²) in [5, 5.41) is 8.34. The number of hydrogen-bond donors (Lipinski definition) is 0. The molecule has 0 aromatic carbocycles. The number of nitriles is 1. The van der Waals surface area contributed by atoms with E-state index in [1.807, 2.05) is 0 Å². The van der Waals surface area contributed by atoms with Crippen LogP contribution in [0.3, 0.4) is 0 Å². The largest absolute Gasteiger partial charge is 0.222 e. The van der Waals surface area contributed by atoms with Gasteiger partial charge in [-0.1, -0.05) is 28.1 Å². The van der Waals surface area contributed by atoms with Crippen LogP contribution in [0, 0.1) is 11.3 Å². The maximum Gasteiger partial charge on any atom is 0.219 e. The molecule has 0 fully saturated rings. The second-order valence-electron chi connectivity index (χ2n) is 2.11. The molecule has 0 aliphatic heterocycles. The summed E-state index contributed by atoms with van der Waals surface area (Å²) in [5.41, 5.74) is -1.80. The van der Waals surface area contributed by atoms with Crippen LogP contribution in [0.2, 0.25) is 0 Å². The minimum Gasteiger partial charge on any atom is -0.222 e. The van der Waals surface area contributed by atoms with E-state index in [4.69, 9.17) is 5.26 Å². The summed E-state index contributed by atoms with van der Waals surface area (Å²) < 4.78 is 13.7. The molecule has 0 saturated carbocycles. The number of allylic oxidation sites excluding steroid dienone is 4. The van der Waals surface area contributed by atoms with Crippen molar-refractivity contribution in [3.8, 4) is 6.07 Å². The zero-order valence-electron chi connectivity index (χ0n) is 5.14. The Hall–Kier alpha value is -0.620. The number of nitrogens with zero attached hydrogens (tertiary/aromatic N) is 1. The Labute approximate surface area is 67.0 Å². The molecule has 0 amide bonds. The van der Waals surface area contributed by atoms with Crippen LogP contribution in [-0.2, 0) is 0 Å². The molecule has 0 saturated heterocycles. The molecule has 1 unspecified atom stereocenters. The van der Waals surface area contributed by atoms with Crippen LogP contribution in [0.1, 0.15) is 6.42 Å². The molecule has 0 heterocycles. The van der Waals surface area contributed by atoms with E-state index in [0.717, 1.165) is 0 Å². The number of rotatable bonds is 0. The molecule has 0 spiro atoms. The summed E-state index contributed by atoms with van der Waals surface area (Å²) in [4.78, 5) is 0. The molecule has 1 aliphatic carbocycles. The predicted octanol–water partition coefficient (Wildman–Crippen LogP) is 2.46. The normalized spacial score (nSPS) is 31.1. The van der Waals surface area contributed by atoms with E-state index in [-0.39, 0.29) is 6.42 Å². The Bertz CT molecular complexity index is 238. The van der Waals surface area contributed by atoms with Crippen LogP contribution in [-0.4, -0.2) is 5.67 Å². The summed E-state index contributed by atoms with van der Waals surface area (Å²) in [6, 6.07) is 1.59. The predicted molar refractivity (Wildman–Crippen MR) is 40.2 cm³/mol. The summed E-state index contributed by atoms with van der Waals surface area (Å²) in [5.74, 6) is 0. The molecule has 1 aliphatic rings. The molecule has 3 heteroatoms. The van der Waals surface area contributed by atoms with Crippen molar-refractivity contribution in [2.45, 2.75) is 12.1 Å². The van der Waals surface area contributed by atoms with Gasteiger partial charge in [0.05, 0.1) is 0 Å². The number of alkyl halides is 1. The molecule has 0 N–H and O–H groups in total.